The SMILES string of the molecule is CC(Oc1cccc(C(C)C)c1)C(=O)Nc1nc(-c2c[nH]c(C(N)=O)c2)cs1. The number of carbonyl (C=O) groups excluding carboxylic acids is 2. The van der Waals surface area contributed by atoms with Crippen molar-refractivity contribution in [2.24, 2.45) is 5.73 Å². The van der Waals surface area contributed by atoms with E-state index in [0.717, 1.165) is 11.1 Å². The van der Waals surface area contributed by atoms with Crippen LogP contribution in [-0.2, 0) is 4.79 Å². The van der Waals surface area contributed by atoms with Crippen LogP contribution in [0.1, 0.15) is 42.7 Å². The number of thiazole rings is 1. The van der Waals surface area contributed by atoms with Crippen LogP contribution in [0.3, 0.4) is 0 Å². The zero-order chi connectivity index (χ0) is 20.3. The van der Waals surface area contributed by atoms with Gasteiger partial charge in [0.15, 0.2) is 11.2 Å². The van der Waals surface area contributed by atoms with E-state index >= 15 is 0 Å². The minimum atomic E-state index is -0.677. The molecule has 146 valence electrons. The molecule has 0 radical (unpaired) electrons. The first-order valence-corrected chi connectivity index (χ1v) is 9.73. The lowest BCUT2D eigenvalue weighted by Gasteiger charge is -2.15. The maximum Gasteiger partial charge on any atom is 0.266 e. The van der Waals surface area contributed by atoms with E-state index in [1.165, 1.54) is 11.3 Å². The highest BCUT2D eigenvalue weighted by Crippen LogP contribution is 2.26. The van der Waals surface area contributed by atoms with Crippen molar-refractivity contribution in [2.45, 2.75) is 32.8 Å². The molecule has 8 heteroatoms. The van der Waals surface area contributed by atoms with Crippen molar-refractivity contribution in [3.05, 3.63) is 53.2 Å². The molecule has 4 N–H and O–H groups in total. The number of nitrogens with two attached hydrogens (primary N) is 1. The van der Waals surface area contributed by atoms with Crippen LogP contribution in [0.15, 0.2) is 41.9 Å². The normalized spacial score (nSPS) is 12.0. The van der Waals surface area contributed by atoms with Gasteiger partial charge in [-0.3, -0.25) is 14.9 Å². The van der Waals surface area contributed by atoms with Crippen molar-refractivity contribution in [1.82, 2.24) is 9.97 Å². The molecule has 0 bridgehead atoms. The third kappa shape index (κ3) is 4.58. The van der Waals surface area contributed by atoms with Gasteiger partial charge in [-0.25, -0.2) is 4.98 Å². The predicted molar refractivity (Wildman–Crippen MR) is 110 cm³/mol. The average molecular weight is 398 g/mol. The zero-order valence-electron chi connectivity index (χ0n) is 15.9. The summed E-state index contributed by atoms with van der Waals surface area (Å²) in [6.07, 6.45) is 0.970. The average Bonchev–Trinajstić information content (AvgIpc) is 3.31. The van der Waals surface area contributed by atoms with Crippen LogP contribution < -0.4 is 15.8 Å². The number of hydrogen-bond donors (Lipinski definition) is 3. The standard InChI is InChI=1S/C20H22N4O3S/c1-11(2)13-5-4-6-15(7-13)27-12(3)19(26)24-20-23-17(10-28-20)14-8-16(18(21)25)22-9-14/h4-12,22H,1-3H3,(H2,21,25)(H,23,24,26). The van der Waals surface area contributed by atoms with E-state index in [1.54, 1.807) is 24.6 Å². The summed E-state index contributed by atoms with van der Waals surface area (Å²) in [6, 6.07) is 9.34. The molecule has 1 unspecified atom stereocenters. The van der Waals surface area contributed by atoms with E-state index in [0.29, 0.717) is 28.2 Å². The Labute approximate surface area is 166 Å². The lowest BCUT2D eigenvalue weighted by molar-refractivity contribution is -0.122. The van der Waals surface area contributed by atoms with Gasteiger partial charge in [0, 0.05) is 17.1 Å². The second kappa shape index (κ2) is 8.26. The first-order valence-electron chi connectivity index (χ1n) is 8.85. The Kier molecular flexibility index (Phi) is 5.79. The summed E-state index contributed by atoms with van der Waals surface area (Å²) in [4.78, 5) is 30.8. The summed E-state index contributed by atoms with van der Waals surface area (Å²) in [5, 5.41) is 5.01. The van der Waals surface area contributed by atoms with E-state index in [9.17, 15) is 9.59 Å². The first kappa shape index (κ1) is 19.6. The second-order valence-corrected chi connectivity index (χ2v) is 7.54. The maximum atomic E-state index is 12.4. The minimum Gasteiger partial charge on any atom is -0.481 e. The molecule has 0 saturated heterocycles. The van der Waals surface area contributed by atoms with Crippen molar-refractivity contribution < 1.29 is 14.3 Å². The summed E-state index contributed by atoms with van der Waals surface area (Å²) in [5.41, 5.74) is 8.06. The van der Waals surface area contributed by atoms with Gasteiger partial charge in [0.05, 0.1) is 5.69 Å². The zero-order valence-corrected chi connectivity index (χ0v) is 16.7. The summed E-state index contributed by atoms with van der Waals surface area (Å²) in [5.74, 6) is 0.204. The Hall–Kier alpha value is -3.13. The summed E-state index contributed by atoms with van der Waals surface area (Å²) < 4.78 is 5.77. The van der Waals surface area contributed by atoms with Crippen LogP contribution in [0.5, 0.6) is 5.75 Å². The van der Waals surface area contributed by atoms with Gasteiger partial charge >= 0.3 is 0 Å². The number of nitrogens with one attached hydrogen (secondary N) is 2. The molecule has 3 rings (SSSR count). The summed E-state index contributed by atoms with van der Waals surface area (Å²) in [6.45, 7) is 5.90. The molecule has 2 amide bonds. The number of anilines is 1. The monoisotopic (exact) mass is 398 g/mol. The van der Waals surface area contributed by atoms with Crippen LogP contribution in [0, 0.1) is 0 Å². The van der Waals surface area contributed by atoms with Gasteiger partial charge in [-0.15, -0.1) is 11.3 Å². The van der Waals surface area contributed by atoms with E-state index in [4.69, 9.17) is 10.5 Å². The highest BCUT2D eigenvalue weighted by molar-refractivity contribution is 7.14. The summed E-state index contributed by atoms with van der Waals surface area (Å²) in [7, 11) is 0. The lowest BCUT2D eigenvalue weighted by atomic mass is 10.0. The van der Waals surface area contributed by atoms with E-state index in [-0.39, 0.29) is 5.91 Å². The van der Waals surface area contributed by atoms with Crippen LogP contribution in [-0.4, -0.2) is 27.9 Å². The van der Waals surface area contributed by atoms with Gasteiger partial charge in [0.1, 0.15) is 11.4 Å². The van der Waals surface area contributed by atoms with Crippen molar-refractivity contribution in [1.29, 1.82) is 0 Å². The third-order valence-corrected chi connectivity index (χ3v) is 4.94. The largest absolute Gasteiger partial charge is 0.481 e. The Morgan fingerprint density at radius 2 is 2.04 bits per heavy atom. The van der Waals surface area contributed by atoms with Crippen molar-refractivity contribution in [3.63, 3.8) is 0 Å². The van der Waals surface area contributed by atoms with E-state index in [1.807, 2.05) is 24.3 Å². The van der Waals surface area contributed by atoms with E-state index in [2.05, 4.69) is 29.1 Å². The maximum absolute atomic E-state index is 12.4. The van der Waals surface area contributed by atoms with Crippen LogP contribution in [0.2, 0.25) is 0 Å². The Bertz CT molecular complexity index is 993. The molecule has 1 atom stereocenters. The Morgan fingerprint density at radius 3 is 2.71 bits per heavy atom. The molecule has 3 aromatic rings. The first-order chi connectivity index (χ1) is 13.3. The van der Waals surface area contributed by atoms with Crippen LogP contribution in [0.25, 0.3) is 11.3 Å². The molecule has 7 nitrogen and oxygen atoms in total. The fourth-order valence-corrected chi connectivity index (χ4v) is 3.28. The van der Waals surface area contributed by atoms with Crippen molar-refractivity contribution >= 4 is 28.3 Å². The van der Waals surface area contributed by atoms with E-state index < -0.39 is 12.0 Å². The predicted octanol–water partition coefficient (Wildman–Crippen LogP) is 3.77. The fraction of sp³-hybridized carbons (Fsp3) is 0.250. The number of rotatable bonds is 7. The molecule has 0 aliphatic heterocycles. The summed E-state index contributed by atoms with van der Waals surface area (Å²) >= 11 is 1.29. The van der Waals surface area contributed by atoms with Gasteiger partial charge in [-0.1, -0.05) is 26.0 Å². The molecule has 0 saturated carbocycles. The van der Waals surface area contributed by atoms with Gasteiger partial charge in [-0.2, -0.15) is 0 Å². The van der Waals surface area contributed by atoms with Crippen LogP contribution in [0.4, 0.5) is 5.13 Å². The number of hydrogen-bond acceptors (Lipinski definition) is 5. The third-order valence-electron chi connectivity index (χ3n) is 4.19. The second-order valence-electron chi connectivity index (χ2n) is 6.68. The van der Waals surface area contributed by atoms with Crippen LogP contribution >= 0.6 is 11.3 Å². The number of primary amides is 1. The van der Waals surface area contributed by atoms with Gasteiger partial charge in [0.2, 0.25) is 0 Å². The molecule has 2 aromatic heterocycles. The smallest absolute Gasteiger partial charge is 0.266 e. The van der Waals surface area contributed by atoms with Crippen molar-refractivity contribution in [2.75, 3.05) is 5.32 Å². The van der Waals surface area contributed by atoms with Gasteiger partial charge < -0.3 is 15.5 Å². The number of ether oxygens (including phenoxy) is 1. The molecular formula is C20H22N4O3S. The van der Waals surface area contributed by atoms with Crippen molar-refractivity contribution in [3.8, 4) is 17.0 Å². The van der Waals surface area contributed by atoms with Gasteiger partial charge in [-0.05, 0) is 36.6 Å². The highest BCUT2D eigenvalue weighted by atomic mass is 32.1. The molecular weight excluding hydrogens is 376 g/mol. The number of carbonyl (C=O) groups is 2. The number of amides is 2. The molecule has 1 aromatic carbocycles. The molecule has 0 spiro atoms. The number of benzene rings is 1. The van der Waals surface area contributed by atoms with Gasteiger partial charge in [0.25, 0.3) is 11.8 Å². The molecule has 28 heavy (non-hydrogen) atoms. The molecule has 0 aliphatic carbocycles. The Balaban J connectivity index is 1.63. The number of aromatic nitrogens is 2. The molecule has 0 aliphatic rings. The number of H-pyrrole nitrogens is 1. The lowest BCUT2D eigenvalue weighted by Crippen LogP contribution is -2.30. The molecule has 2 heterocycles. The highest BCUT2D eigenvalue weighted by Gasteiger charge is 2.17. The number of aromatic amines is 1. The Morgan fingerprint density at radius 1 is 1.25 bits per heavy atom. The quantitative estimate of drug-likeness (QED) is 0.563. The number of nitrogens with zero attached hydrogens (tertiary/aromatic N) is 1. The molecule has 0 fully saturated rings. The fourth-order valence-electron chi connectivity index (χ4n) is 2.56. The minimum absolute atomic E-state index is 0.289. The topological polar surface area (TPSA) is 110 Å².